The second-order valence-corrected chi connectivity index (χ2v) is 8.02. The average molecular weight is 370 g/mol. The van der Waals surface area contributed by atoms with Gasteiger partial charge in [0.05, 0.1) is 5.52 Å². The van der Waals surface area contributed by atoms with Crippen molar-refractivity contribution in [1.82, 2.24) is 19.5 Å². The van der Waals surface area contributed by atoms with Crippen LogP contribution in [0.3, 0.4) is 0 Å². The van der Waals surface area contributed by atoms with Crippen LogP contribution in [0.1, 0.15) is 12.8 Å². The Labute approximate surface area is 151 Å². The molecule has 0 N–H and O–H groups in total. The highest BCUT2D eigenvalue weighted by atomic mass is 32.2. The molecule has 0 saturated carbocycles. The van der Waals surface area contributed by atoms with Crippen LogP contribution in [0.25, 0.3) is 10.9 Å². The van der Waals surface area contributed by atoms with Gasteiger partial charge in [-0.1, -0.05) is 18.2 Å². The topological polar surface area (TPSA) is 85.3 Å². The summed E-state index contributed by atoms with van der Waals surface area (Å²) in [7, 11) is -3.60. The maximum Gasteiger partial charge on any atom is 0.245 e. The first kappa shape index (κ1) is 16.9. The molecule has 4 rings (SSSR count). The fraction of sp³-hybridized carbons (Fsp3) is 0.278. The third-order valence-electron chi connectivity index (χ3n) is 4.45. The molecule has 0 atom stereocenters. The second-order valence-electron chi connectivity index (χ2n) is 6.11. The molecule has 1 saturated heterocycles. The minimum absolute atomic E-state index is 0.0659. The highest BCUT2D eigenvalue weighted by molar-refractivity contribution is 7.89. The van der Waals surface area contributed by atoms with Crippen molar-refractivity contribution < 1.29 is 13.2 Å². The molecule has 1 aliphatic heterocycles. The third kappa shape index (κ3) is 3.25. The van der Waals surface area contributed by atoms with Crippen LogP contribution in [-0.4, -0.2) is 47.1 Å². The van der Waals surface area contributed by atoms with Gasteiger partial charge in [0.2, 0.25) is 15.9 Å². The first-order valence-electron chi connectivity index (χ1n) is 8.43. The SMILES string of the molecule is O=S(=O)(c1cccc2cccnc12)N1CCC(Oc2cccnn2)CC1. The lowest BCUT2D eigenvalue weighted by Crippen LogP contribution is -2.41. The van der Waals surface area contributed by atoms with Crippen LogP contribution in [0.5, 0.6) is 5.88 Å². The largest absolute Gasteiger partial charge is 0.473 e. The van der Waals surface area contributed by atoms with Gasteiger partial charge in [0.25, 0.3) is 0 Å². The highest BCUT2D eigenvalue weighted by Crippen LogP contribution is 2.27. The number of sulfonamides is 1. The molecule has 2 aromatic heterocycles. The van der Waals surface area contributed by atoms with Gasteiger partial charge in [-0.25, -0.2) is 8.42 Å². The van der Waals surface area contributed by atoms with E-state index in [0.717, 1.165) is 5.39 Å². The Hall–Kier alpha value is -2.58. The van der Waals surface area contributed by atoms with Gasteiger partial charge in [-0.3, -0.25) is 4.98 Å². The van der Waals surface area contributed by atoms with E-state index in [0.29, 0.717) is 37.3 Å². The molecule has 1 fully saturated rings. The number of para-hydroxylation sites is 1. The zero-order chi connectivity index (χ0) is 18.0. The van der Waals surface area contributed by atoms with Gasteiger partial charge in [-0.05, 0) is 31.0 Å². The van der Waals surface area contributed by atoms with E-state index in [1.165, 1.54) is 4.31 Å². The van der Waals surface area contributed by atoms with E-state index in [2.05, 4.69) is 15.2 Å². The number of fused-ring (bicyclic) bond motifs is 1. The summed E-state index contributed by atoms with van der Waals surface area (Å²) < 4.78 is 33.5. The summed E-state index contributed by atoms with van der Waals surface area (Å²) in [5, 5.41) is 8.51. The van der Waals surface area contributed by atoms with Crippen LogP contribution in [0.15, 0.2) is 59.8 Å². The van der Waals surface area contributed by atoms with Crippen molar-refractivity contribution in [2.75, 3.05) is 13.1 Å². The number of piperidine rings is 1. The van der Waals surface area contributed by atoms with Crippen molar-refractivity contribution in [3.05, 3.63) is 54.9 Å². The Bertz CT molecular complexity index is 998. The van der Waals surface area contributed by atoms with Gasteiger partial charge in [-0.2, -0.15) is 9.40 Å². The molecule has 134 valence electrons. The van der Waals surface area contributed by atoms with E-state index < -0.39 is 10.0 Å². The third-order valence-corrected chi connectivity index (χ3v) is 6.38. The minimum atomic E-state index is -3.60. The van der Waals surface area contributed by atoms with Crippen LogP contribution in [-0.2, 0) is 10.0 Å². The predicted molar refractivity (Wildman–Crippen MR) is 96.2 cm³/mol. The molecule has 0 spiro atoms. The Morgan fingerprint density at radius 1 is 1.00 bits per heavy atom. The van der Waals surface area contributed by atoms with E-state index in [1.807, 2.05) is 12.1 Å². The summed E-state index contributed by atoms with van der Waals surface area (Å²) in [5.41, 5.74) is 0.507. The minimum Gasteiger partial charge on any atom is -0.473 e. The number of hydrogen-bond acceptors (Lipinski definition) is 6. The zero-order valence-corrected chi connectivity index (χ0v) is 14.8. The molecule has 3 heterocycles. The Morgan fingerprint density at radius 3 is 2.54 bits per heavy atom. The molecular formula is C18H18N4O3S. The van der Waals surface area contributed by atoms with Gasteiger partial charge in [0, 0.05) is 36.9 Å². The lowest BCUT2D eigenvalue weighted by molar-refractivity contribution is 0.128. The van der Waals surface area contributed by atoms with Crippen molar-refractivity contribution in [3.63, 3.8) is 0 Å². The lowest BCUT2D eigenvalue weighted by atomic mass is 10.1. The quantitative estimate of drug-likeness (QED) is 0.700. The predicted octanol–water partition coefficient (Wildman–Crippen LogP) is 2.26. The van der Waals surface area contributed by atoms with E-state index in [-0.39, 0.29) is 11.0 Å². The Kier molecular flexibility index (Phi) is 4.52. The molecule has 0 amide bonds. The fourth-order valence-corrected chi connectivity index (χ4v) is 4.77. The Morgan fingerprint density at radius 2 is 1.77 bits per heavy atom. The molecule has 8 heteroatoms. The van der Waals surface area contributed by atoms with E-state index in [9.17, 15) is 8.42 Å². The van der Waals surface area contributed by atoms with Crippen molar-refractivity contribution in [2.45, 2.75) is 23.8 Å². The summed E-state index contributed by atoms with van der Waals surface area (Å²) in [6, 6.07) is 12.4. The van der Waals surface area contributed by atoms with Crippen LogP contribution in [0.4, 0.5) is 0 Å². The molecule has 1 aliphatic rings. The molecule has 0 bridgehead atoms. The summed E-state index contributed by atoms with van der Waals surface area (Å²) in [6.07, 6.45) is 4.34. The fourth-order valence-electron chi connectivity index (χ4n) is 3.13. The molecule has 7 nitrogen and oxygen atoms in total. The molecule has 1 aromatic carbocycles. The number of pyridine rings is 1. The van der Waals surface area contributed by atoms with Gasteiger partial charge in [-0.15, -0.1) is 5.10 Å². The summed E-state index contributed by atoms with van der Waals surface area (Å²) in [4.78, 5) is 4.52. The maximum atomic E-state index is 13.1. The molecule has 26 heavy (non-hydrogen) atoms. The number of benzene rings is 1. The normalized spacial score (nSPS) is 16.6. The Balaban J connectivity index is 1.51. The van der Waals surface area contributed by atoms with Gasteiger partial charge in [0.15, 0.2) is 0 Å². The maximum absolute atomic E-state index is 13.1. The smallest absolute Gasteiger partial charge is 0.245 e. The van der Waals surface area contributed by atoms with Crippen molar-refractivity contribution >= 4 is 20.9 Å². The van der Waals surface area contributed by atoms with Gasteiger partial charge >= 0.3 is 0 Å². The van der Waals surface area contributed by atoms with Crippen molar-refractivity contribution in [3.8, 4) is 5.88 Å². The molecule has 0 unspecified atom stereocenters. The number of nitrogens with zero attached hydrogens (tertiary/aromatic N) is 4. The molecule has 0 radical (unpaired) electrons. The first-order valence-corrected chi connectivity index (χ1v) is 9.87. The number of ether oxygens (including phenoxy) is 1. The van der Waals surface area contributed by atoms with Gasteiger partial charge < -0.3 is 4.74 Å². The molecule has 0 aliphatic carbocycles. The van der Waals surface area contributed by atoms with Gasteiger partial charge in [0.1, 0.15) is 11.0 Å². The van der Waals surface area contributed by atoms with Crippen LogP contribution < -0.4 is 4.74 Å². The van der Waals surface area contributed by atoms with Crippen molar-refractivity contribution in [1.29, 1.82) is 0 Å². The monoisotopic (exact) mass is 370 g/mol. The summed E-state index contributed by atoms with van der Waals surface area (Å²) >= 11 is 0. The summed E-state index contributed by atoms with van der Waals surface area (Å²) in [6.45, 7) is 0.799. The number of aromatic nitrogens is 3. The van der Waals surface area contributed by atoms with Crippen LogP contribution in [0.2, 0.25) is 0 Å². The zero-order valence-electron chi connectivity index (χ0n) is 14.0. The molecular weight excluding hydrogens is 352 g/mol. The lowest BCUT2D eigenvalue weighted by Gasteiger charge is -2.31. The van der Waals surface area contributed by atoms with E-state index in [4.69, 9.17) is 4.74 Å². The van der Waals surface area contributed by atoms with Crippen molar-refractivity contribution in [2.24, 2.45) is 0 Å². The number of hydrogen-bond donors (Lipinski definition) is 0. The van der Waals surface area contributed by atoms with Crippen LogP contribution >= 0.6 is 0 Å². The highest BCUT2D eigenvalue weighted by Gasteiger charge is 2.31. The average Bonchev–Trinajstić information content (AvgIpc) is 2.69. The standard InChI is InChI=1S/C18H18N4O3S/c23-26(24,16-6-1-4-14-5-2-10-19-18(14)16)22-12-8-15(9-13-22)25-17-7-3-11-20-21-17/h1-7,10-11,15H,8-9,12-13H2. The van der Waals surface area contributed by atoms with E-state index in [1.54, 1.807) is 42.7 Å². The first-order chi connectivity index (χ1) is 12.6. The number of rotatable bonds is 4. The van der Waals surface area contributed by atoms with E-state index >= 15 is 0 Å². The van der Waals surface area contributed by atoms with Crippen LogP contribution in [0, 0.1) is 0 Å². The summed E-state index contributed by atoms with van der Waals surface area (Å²) in [5.74, 6) is 0.465. The molecule has 3 aromatic rings. The second kappa shape index (κ2) is 6.97.